The minimum absolute atomic E-state index is 0.213. The molecule has 2 amide bonds. The maximum Gasteiger partial charge on any atom is 0.320 e. The maximum absolute atomic E-state index is 12.7. The second-order valence-electron chi connectivity index (χ2n) is 7.98. The Morgan fingerprint density at radius 1 is 0.828 bits per heavy atom. The predicted octanol–water partition coefficient (Wildman–Crippen LogP) is 2.46. The van der Waals surface area contributed by atoms with Gasteiger partial charge in [0, 0.05) is 69.8 Å². The van der Waals surface area contributed by atoms with Gasteiger partial charge in [0.15, 0.2) is 0 Å². The second-order valence-corrected chi connectivity index (χ2v) is 7.98. The molecule has 0 aromatic carbocycles. The molecule has 5 rings (SSSR count). The number of pyridine rings is 1. The van der Waals surface area contributed by atoms with E-state index in [9.17, 15) is 4.79 Å². The summed E-state index contributed by atoms with van der Waals surface area (Å²) in [6.45, 7) is 5.02. The standard InChI is InChI=1S/C21H27N7O/c1-24-15-18(13-22-24)17-5-6-19-20(14-23-28(19)16-17)25-9-11-27(12-10-25)21(29)26-7-3-2-4-8-26/h5-6,13-16H,2-4,7-12H2,1H3. The number of carbonyl (C=O) groups is 1. The van der Waals surface area contributed by atoms with Gasteiger partial charge >= 0.3 is 6.03 Å². The summed E-state index contributed by atoms with van der Waals surface area (Å²) in [4.78, 5) is 19.1. The van der Waals surface area contributed by atoms with Crippen molar-refractivity contribution in [3.05, 3.63) is 36.9 Å². The number of fused-ring (bicyclic) bond motifs is 1. The SMILES string of the molecule is Cn1cc(-c2ccc3c(N4CCN(C(=O)N5CCCCC5)CC4)cnn3c2)cn1. The molecular weight excluding hydrogens is 366 g/mol. The fourth-order valence-corrected chi connectivity index (χ4v) is 4.38. The monoisotopic (exact) mass is 393 g/mol. The van der Waals surface area contributed by atoms with Gasteiger partial charge in [-0.25, -0.2) is 9.31 Å². The molecule has 8 heteroatoms. The van der Waals surface area contributed by atoms with Gasteiger partial charge in [-0.05, 0) is 25.3 Å². The van der Waals surface area contributed by atoms with Crippen LogP contribution in [0.1, 0.15) is 19.3 Å². The van der Waals surface area contributed by atoms with Crippen molar-refractivity contribution >= 4 is 17.2 Å². The minimum atomic E-state index is 0.213. The van der Waals surface area contributed by atoms with Crippen molar-refractivity contribution in [3.8, 4) is 11.1 Å². The Bertz CT molecular complexity index is 1010. The van der Waals surface area contributed by atoms with E-state index in [1.807, 2.05) is 46.2 Å². The van der Waals surface area contributed by atoms with E-state index in [0.29, 0.717) is 0 Å². The molecule has 0 radical (unpaired) electrons. The third-order valence-corrected chi connectivity index (χ3v) is 6.05. The van der Waals surface area contributed by atoms with Gasteiger partial charge in [0.05, 0.1) is 23.6 Å². The van der Waals surface area contributed by atoms with Gasteiger partial charge in [0.25, 0.3) is 0 Å². The summed E-state index contributed by atoms with van der Waals surface area (Å²) in [7, 11) is 1.92. The van der Waals surface area contributed by atoms with Crippen LogP contribution < -0.4 is 4.90 Å². The number of amides is 2. The molecule has 0 saturated carbocycles. The lowest BCUT2D eigenvalue weighted by molar-refractivity contribution is 0.141. The Morgan fingerprint density at radius 2 is 1.59 bits per heavy atom. The second kappa shape index (κ2) is 7.42. The zero-order chi connectivity index (χ0) is 19.8. The average molecular weight is 393 g/mol. The Balaban J connectivity index is 1.29. The van der Waals surface area contributed by atoms with E-state index in [1.165, 1.54) is 6.42 Å². The van der Waals surface area contributed by atoms with Gasteiger partial charge in [-0.3, -0.25) is 4.68 Å². The van der Waals surface area contributed by atoms with Crippen molar-refractivity contribution in [2.75, 3.05) is 44.2 Å². The summed E-state index contributed by atoms with van der Waals surface area (Å²) in [5.41, 5.74) is 4.40. The number of likely N-dealkylation sites (tertiary alicyclic amines) is 1. The first-order valence-corrected chi connectivity index (χ1v) is 10.4. The number of hydrogen-bond donors (Lipinski definition) is 0. The number of rotatable bonds is 2. The zero-order valence-electron chi connectivity index (χ0n) is 16.9. The molecule has 5 heterocycles. The van der Waals surface area contributed by atoms with E-state index in [1.54, 1.807) is 4.68 Å². The Kier molecular flexibility index (Phi) is 4.61. The largest absolute Gasteiger partial charge is 0.365 e. The van der Waals surface area contributed by atoms with Crippen LogP contribution in [0.25, 0.3) is 16.6 Å². The summed E-state index contributed by atoms with van der Waals surface area (Å²) >= 11 is 0. The Morgan fingerprint density at radius 3 is 2.31 bits per heavy atom. The van der Waals surface area contributed by atoms with Crippen LogP contribution in [0.3, 0.4) is 0 Å². The fraction of sp³-hybridized carbons (Fsp3) is 0.476. The van der Waals surface area contributed by atoms with Crippen LogP contribution in [0.15, 0.2) is 36.9 Å². The number of piperidine rings is 1. The van der Waals surface area contributed by atoms with E-state index in [0.717, 1.165) is 74.4 Å². The molecule has 29 heavy (non-hydrogen) atoms. The van der Waals surface area contributed by atoms with Crippen molar-refractivity contribution in [1.29, 1.82) is 0 Å². The number of aromatic nitrogens is 4. The van der Waals surface area contributed by atoms with Gasteiger partial charge < -0.3 is 14.7 Å². The van der Waals surface area contributed by atoms with E-state index in [-0.39, 0.29) is 6.03 Å². The van der Waals surface area contributed by atoms with Crippen LogP contribution >= 0.6 is 0 Å². The first kappa shape index (κ1) is 18.0. The average Bonchev–Trinajstić information content (AvgIpc) is 3.40. The number of urea groups is 1. The van der Waals surface area contributed by atoms with Crippen LogP contribution in [0, 0.1) is 0 Å². The predicted molar refractivity (Wildman–Crippen MR) is 112 cm³/mol. The minimum Gasteiger partial charge on any atom is -0.365 e. The quantitative estimate of drug-likeness (QED) is 0.671. The highest BCUT2D eigenvalue weighted by Crippen LogP contribution is 2.26. The van der Waals surface area contributed by atoms with Crippen molar-refractivity contribution in [2.24, 2.45) is 7.05 Å². The third kappa shape index (κ3) is 3.43. The number of nitrogens with zero attached hydrogens (tertiary/aromatic N) is 7. The summed E-state index contributed by atoms with van der Waals surface area (Å²) in [6.07, 6.45) is 11.4. The molecule has 0 atom stereocenters. The van der Waals surface area contributed by atoms with Crippen molar-refractivity contribution < 1.29 is 4.79 Å². The number of aryl methyl sites for hydroxylation is 1. The first-order valence-electron chi connectivity index (χ1n) is 10.4. The fourth-order valence-electron chi connectivity index (χ4n) is 4.38. The zero-order valence-corrected chi connectivity index (χ0v) is 16.9. The molecule has 2 saturated heterocycles. The van der Waals surface area contributed by atoms with E-state index in [4.69, 9.17) is 0 Å². The number of piperazine rings is 1. The molecule has 3 aromatic rings. The molecule has 3 aromatic heterocycles. The Labute approximate surface area is 170 Å². The smallest absolute Gasteiger partial charge is 0.320 e. The normalized spacial score (nSPS) is 17.9. The Hall–Kier alpha value is -3.03. The lowest BCUT2D eigenvalue weighted by Gasteiger charge is -2.39. The molecule has 0 spiro atoms. The first-order chi connectivity index (χ1) is 14.2. The molecule has 8 nitrogen and oxygen atoms in total. The highest BCUT2D eigenvalue weighted by atomic mass is 16.2. The molecule has 2 fully saturated rings. The summed E-state index contributed by atoms with van der Waals surface area (Å²) < 4.78 is 3.74. The molecule has 0 N–H and O–H groups in total. The topological polar surface area (TPSA) is 61.9 Å². The molecular formula is C21H27N7O. The molecule has 0 bridgehead atoms. The van der Waals surface area contributed by atoms with Gasteiger partial charge in [0.1, 0.15) is 0 Å². The maximum atomic E-state index is 12.7. The summed E-state index contributed by atoms with van der Waals surface area (Å²) in [5, 5.41) is 8.82. The van der Waals surface area contributed by atoms with E-state index in [2.05, 4.69) is 27.2 Å². The van der Waals surface area contributed by atoms with Gasteiger partial charge in [0.2, 0.25) is 0 Å². The van der Waals surface area contributed by atoms with Crippen LogP contribution in [0.4, 0.5) is 10.5 Å². The van der Waals surface area contributed by atoms with E-state index < -0.39 is 0 Å². The number of anilines is 1. The van der Waals surface area contributed by atoms with Crippen molar-refractivity contribution in [1.82, 2.24) is 29.2 Å². The lowest BCUT2D eigenvalue weighted by Crippen LogP contribution is -2.53. The van der Waals surface area contributed by atoms with Gasteiger partial charge in [-0.2, -0.15) is 10.2 Å². The van der Waals surface area contributed by atoms with Crippen LogP contribution in [-0.4, -0.2) is 74.5 Å². The molecule has 2 aliphatic rings. The van der Waals surface area contributed by atoms with Crippen molar-refractivity contribution in [3.63, 3.8) is 0 Å². The number of hydrogen-bond acceptors (Lipinski definition) is 4. The summed E-state index contributed by atoms with van der Waals surface area (Å²) in [6, 6.07) is 4.45. The van der Waals surface area contributed by atoms with E-state index >= 15 is 0 Å². The van der Waals surface area contributed by atoms with Crippen LogP contribution in [0.2, 0.25) is 0 Å². The molecule has 0 aliphatic carbocycles. The third-order valence-electron chi connectivity index (χ3n) is 6.05. The molecule has 152 valence electrons. The van der Waals surface area contributed by atoms with Crippen LogP contribution in [0.5, 0.6) is 0 Å². The lowest BCUT2D eigenvalue weighted by atomic mass is 10.1. The molecule has 0 unspecified atom stereocenters. The number of carbonyl (C=O) groups excluding carboxylic acids is 1. The molecule has 2 aliphatic heterocycles. The highest BCUT2D eigenvalue weighted by molar-refractivity contribution is 5.77. The van der Waals surface area contributed by atoms with Gasteiger partial charge in [-0.15, -0.1) is 0 Å². The summed E-state index contributed by atoms with van der Waals surface area (Å²) in [5.74, 6) is 0. The van der Waals surface area contributed by atoms with Crippen LogP contribution in [-0.2, 0) is 7.05 Å². The van der Waals surface area contributed by atoms with Gasteiger partial charge in [-0.1, -0.05) is 6.07 Å². The van der Waals surface area contributed by atoms with Crippen molar-refractivity contribution in [2.45, 2.75) is 19.3 Å². The highest BCUT2D eigenvalue weighted by Gasteiger charge is 2.27.